The molecule has 2 heterocycles. The second-order valence-corrected chi connectivity index (χ2v) is 6.02. The number of phenols is 1. The van der Waals surface area contributed by atoms with Crippen LogP contribution in [0.3, 0.4) is 0 Å². The molecule has 6 nitrogen and oxygen atoms in total. The minimum Gasteiger partial charge on any atom is -0.508 e. The van der Waals surface area contributed by atoms with Crippen molar-refractivity contribution in [3.05, 3.63) is 35.4 Å². The molecule has 0 aliphatic carbocycles. The van der Waals surface area contributed by atoms with Gasteiger partial charge in [-0.2, -0.15) is 0 Å². The standard InChI is InChI=1S/C17H24N4O2/c1-12(14-10-13(23-2)7-8-15(14)22)18-11-17-20-19-16-6-4-3-5-9-21(16)17/h7-8,10,12,18,22H,3-6,9,11H2,1-2H3/t12-/m1/s1. The Morgan fingerprint density at radius 1 is 1.30 bits per heavy atom. The van der Waals surface area contributed by atoms with Gasteiger partial charge in [-0.1, -0.05) is 6.42 Å². The number of nitrogens with one attached hydrogen (secondary N) is 1. The van der Waals surface area contributed by atoms with E-state index in [0.29, 0.717) is 6.54 Å². The Morgan fingerprint density at radius 2 is 2.17 bits per heavy atom. The van der Waals surface area contributed by atoms with Gasteiger partial charge in [0.25, 0.3) is 0 Å². The Labute approximate surface area is 136 Å². The summed E-state index contributed by atoms with van der Waals surface area (Å²) in [6.07, 6.45) is 4.65. The molecule has 0 saturated carbocycles. The van der Waals surface area contributed by atoms with Crippen LogP contribution in [0.5, 0.6) is 11.5 Å². The Kier molecular flexibility index (Phi) is 4.81. The van der Waals surface area contributed by atoms with Crippen LogP contribution in [0.1, 0.15) is 49.4 Å². The van der Waals surface area contributed by atoms with Crippen molar-refractivity contribution in [3.63, 3.8) is 0 Å². The van der Waals surface area contributed by atoms with Crippen molar-refractivity contribution in [2.45, 2.75) is 51.7 Å². The number of ether oxygens (including phenoxy) is 1. The van der Waals surface area contributed by atoms with Crippen LogP contribution in [0.2, 0.25) is 0 Å². The number of aromatic nitrogens is 3. The number of hydrogen-bond acceptors (Lipinski definition) is 5. The van der Waals surface area contributed by atoms with Gasteiger partial charge in [-0.25, -0.2) is 0 Å². The Hall–Kier alpha value is -2.08. The zero-order chi connectivity index (χ0) is 16.2. The lowest BCUT2D eigenvalue weighted by molar-refractivity contribution is 0.407. The number of aryl methyl sites for hydroxylation is 1. The Morgan fingerprint density at radius 3 is 3.00 bits per heavy atom. The molecule has 0 unspecified atom stereocenters. The third-order valence-corrected chi connectivity index (χ3v) is 4.45. The molecule has 2 N–H and O–H groups in total. The maximum absolute atomic E-state index is 10.1. The minimum atomic E-state index is -0.0103. The summed E-state index contributed by atoms with van der Waals surface area (Å²) in [5, 5.41) is 22.1. The van der Waals surface area contributed by atoms with E-state index in [0.717, 1.165) is 35.9 Å². The zero-order valence-corrected chi connectivity index (χ0v) is 13.7. The van der Waals surface area contributed by atoms with Gasteiger partial charge in [0.15, 0.2) is 0 Å². The van der Waals surface area contributed by atoms with Crippen LogP contribution in [0.15, 0.2) is 18.2 Å². The van der Waals surface area contributed by atoms with Crippen LogP contribution in [0.25, 0.3) is 0 Å². The fourth-order valence-electron chi connectivity index (χ4n) is 3.04. The van der Waals surface area contributed by atoms with Crippen molar-refractivity contribution < 1.29 is 9.84 Å². The van der Waals surface area contributed by atoms with Gasteiger partial charge in [0, 0.05) is 24.6 Å². The highest BCUT2D eigenvalue weighted by molar-refractivity contribution is 5.41. The first-order valence-electron chi connectivity index (χ1n) is 8.20. The summed E-state index contributed by atoms with van der Waals surface area (Å²) in [4.78, 5) is 0. The first kappa shape index (κ1) is 15.8. The predicted octanol–water partition coefficient (Wildman–Crippen LogP) is 2.57. The lowest BCUT2D eigenvalue weighted by Crippen LogP contribution is -2.21. The monoisotopic (exact) mass is 316 g/mol. The highest BCUT2D eigenvalue weighted by Gasteiger charge is 2.16. The summed E-state index contributed by atoms with van der Waals surface area (Å²) < 4.78 is 7.47. The van der Waals surface area contributed by atoms with Crippen molar-refractivity contribution in [2.75, 3.05) is 7.11 Å². The second-order valence-electron chi connectivity index (χ2n) is 6.02. The number of nitrogens with zero attached hydrogens (tertiary/aromatic N) is 3. The average molecular weight is 316 g/mol. The van der Waals surface area contributed by atoms with Crippen molar-refractivity contribution in [1.29, 1.82) is 0 Å². The molecule has 6 heteroatoms. The molecule has 1 aliphatic heterocycles. The van der Waals surface area contributed by atoms with Gasteiger partial charge in [0.1, 0.15) is 23.1 Å². The van der Waals surface area contributed by atoms with Gasteiger partial charge in [0.05, 0.1) is 13.7 Å². The molecule has 0 fully saturated rings. The molecule has 1 atom stereocenters. The summed E-state index contributed by atoms with van der Waals surface area (Å²) in [6.45, 7) is 3.65. The van der Waals surface area contributed by atoms with E-state index in [1.165, 1.54) is 19.3 Å². The van der Waals surface area contributed by atoms with E-state index >= 15 is 0 Å². The van der Waals surface area contributed by atoms with Gasteiger partial charge in [-0.3, -0.25) is 0 Å². The summed E-state index contributed by atoms with van der Waals surface area (Å²) in [7, 11) is 1.62. The van der Waals surface area contributed by atoms with E-state index in [1.54, 1.807) is 19.2 Å². The summed E-state index contributed by atoms with van der Waals surface area (Å²) in [6, 6.07) is 5.26. The van der Waals surface area contributed by atoms with Crippen LogP contribution >= 0.6 is 0 Å². The molecule has 1 aliphatic rings. The zero-order valence-electron chi connectivity index (χ0n) is 13.7. The third kappa shape index (κ3) is 3.47. The van der Waals surface area contributed by atoms with E-state index in [1.807, 2.05) is 13.0 Å². The Bertz CT molecular complexity index is 669. The van der Waals surface area contributed by atoms with E-state index in [9.17, 15) is 5.11 Å². The average Bonchev–Trinajstić information content (AvgIpc) is 2.79. The molecule has 0 saturated heterocycles. The predicted molar refractivity (Wildman–Crippen MR) is 87.5 cm³/mol. The number of phenolic OH excluding ortho intramolecular Hbond substituents is 1. The first-order chi connectivity index (χ1) is 11.2. The molecule has 0 spiro atoms. The number of methoxy groups -OCH3 is 1. The molecule has 2 aromatic rings. The van der Waals surface area contributed by atoms with Gasteiger partial charge in [0.2, 0.25) is 0 Å². The lowest BCUT2D eigenvalue weighted by Gasteiger charge is -2.17. The molecule has 23 heavy (non-hydrogen) atoms. The smallest absolute Gasteiger partial charge is 0.147 e. The number of benzene rings is 1. The van der Waals surface area contributed by atoms with E-state index in [-0.39, 0.29) is 11.8 Å². The van der Waals surface area contributed by atoms with Crippen LogP contribution in [0.4, 0.5) is 0 Å². The van der Waals surface area contributed by atoms with Crippen molar-refractivity contribution >= 4 is 0 Å². The molecule has 1 aromatic heterocycles. The summed E-state index contributed by atoms with van der Waals surface area (Å²) in [5.74, 6) is 3.07. The molecule has 124 valence electrons. The fraction of sp³-hybridized carbons (Fsp3) is 0.529. The molecule has 3 rings (SSSR count). The van der Waals surface area contributed by atoms with Gasteiger partial charge in [-0.05, 0) is 38.0 Å². The number of hydrogen-bond donors (Lipinski definition) is 2. The molecular formula is C17H24N4O2. The highest BCUT2D eigenvalue weighted by atomic mass is 16.5. The fourth-order valence-corrected chi connectivity index (χ4v) is 3.04. The Balaban J connectivity index is 1.70. The van der Waals surface area contributed by atoms with Crippen molar-refractivity contribution in [1.82, 2.24) is 20.1 Å². The van der Waals surface area contributed by atoms with Crippen LogP contribution in [-0.4, -0.2) is 27.0 Å². The van der Waals surface area contributed by atoms with Crippen molar-refractivity contribution in [2.24, 2.45) is 0 Å². The van der Waals surface area contributed by atoms with Crippen LogP contribution < -0.4 is 10.1 Å². The number of aromatic hydroxyl groups is 1. The van der Waals surface area contributed by atoms with Crippen LogP contribution in [-0.2, 0) is 19.5 Å². The van der Waals surface area contributed by atoms with E-state index in [2.05, 4.69) is 20.1 Å². The third-order valence-electron chi connectivity index (χ3n) is 4.45. The maximum atomic E-state index is 10.1. The molecule has 0 bridgehead atoms. The lowest BCUT2D eigenvalue weighted by atomic mass is 10.1. The summed E-state index contributed by atoms with van der Waals surface area (Å²) in [5.41, 5.74) is 0.819. The maximum Gasteiger partial charge on any atom is 0.147 e. The quantitative estimate of drug-likeness (QED) is 0.887. The molecular weight excluding hydrogens is 292 g/mol. The van der Waals surface area contributed by atoms with Gasteiger partial charge < -0.3 is 19.7 Å². The normalized spacial score (nSPS) is 15.7. The largest absolute Gasteiger partial charge is 0.508 e. The van der Waals surface area contributed by atoms with E-state index in [4.69, 9.17) is 4.74 Å². The van der Waals surface area contributed by atoms with Gasteiger partial charge >= 0.3 is 0 Å². The number of rotatable bonds is 5. The van der Waals surface area contributed by atoms with Crippen molar-refractivity contribution in [3.8, 4) is 11.5 Å². The topological polar surface area (TPSA) is 72.2 Å². The van der Waals surface area contributed by atoms with E-state index < -0.39 is 0 Å². The first-order valence-corrected chi connectivity index (χ1v) is 8.20. The molecule has 1 aromatic carbocycles. The SMILES string of the molecule is COc1ccc(O)c([C@@H](C)NCc2nnc3n2CCCCC3)c1. The molecule has 0 radical (unpaired) electrons. The number of fused-ring (bicyclic) bond motifs is 1. The summed E-state index contributed by atoms with van der Waals surface area (Å²) >= 11 is 0. The highest BCUT2D eigenvalue weighted by Crippen LogP contribution is 2.28. The van der Waals surface area contributed by atoms with Crippen LogP contribution in [0, 0.1) is 0 Å². The minimum absolute atomic E-state index is 0.0103. The van der Waals surface area contributed by atoms with Gasteiger partial charge in [-0.15, -0.1) is 10.2 Å². The second kappa shape index (κ2) is 7.00. The molecule has 0 amide bonds.